The van der Waals surface area contributed by atoms with Gasteiger partial charge in [-0.05, 0) is 43.4 Å². The molecule has 0 bridgehead atoms. The Bertz CT molecular complexity index is 787. The summed E-state index contributed by atoms with van der Waals surface area (Å²) >= 11 is 0. The molecule has 1 aliphatic rings. The molecule has 2 amide bonds. The van der Waals surface area contributed by atoms with Gasteiger partial charge in [0.05, 0.1) is 0 Å². The second-order valence-electron chi connectivity index (χ2n) is 6.99. The second-order valence-corrected chi connectivity index (χ2v) is 6.99. The summed E-state index contributed by atoms with van der Waals surface area (Å²) in [5.74, 6) is -0.256. The van der Waals surface area contributed by atoms with E-state index in [0.29, 0.717) is 0 Å². The SMILES string of the molecule is CC(NC(=O)/C=C/c1ccccc1)C(=O)N1CCCC1Cc1ccccc1. The molecule has 2 unspecified atom stereocenters. The first kappa shape index (κ1) is 18.9. The summed E-state index contributed by atoms with van der Waals surface area (Å²) in [6, 6.07) is 19.6. The van der Waals surface area contributed by atoms with Crippen molar-refractivity contribution in [2.45, 2.75) is 38.3 Å². The average Bonchev–Trinajstić information content (AvgIpc) is 3.15. The smallest absolute Gasteiger partial charge is 0.245 e. The predicted molar refractivity (Wildman–Crippen MR) is 108 cm³/mol. The Kier molecular flexibility index (Phi) is 6.42. The van der Waals surface area contributed by atoms with Crippen molar-refractivity contribution < 1.29 is 9.59 Å². The van der Waals surface area contributed by atoms with Crippen LogP contribution in [0.25, 0.3) is 6.08 Å². The van der Waals surface area contributed by atoms with Gasteiger partial charge in [0.1, 0.15) is 6.04 Å². The van der Waals surface area contributed by atoms with Gasteiger partial charge in [0.15, 0.2) is 0 Å². The molecule has 0 radical (unpaired) electrons. The zero-order valence-corrected chi connectivity index (χ0v) is 15.7. The molecule has 2 atom stereocenters. The first-order valence-electron chi connectivity index (χ1n) is 9.51. The lowest BCUT2D eigenvalue weighted by molar-refractivity contribution is -0.135. The van der Waals surface area contributed by atoms with Crippen LogP contribution in [0.4, 0.5) is 0 Å². The highest BCUT2D eigenvalue weighted by molar-refractivity contribution is 5.95. The van der Waals surface area contributed by atoms with Crippen LogP contribution in [0.5, 0.6) is 0 Å². The normalized spacial score (nSPS) is 17.8. The molecule has 140 valence electrons. The van der Waals surface area contributed by atoms with E-state index < -0.39 is 6.04 Å². The fourth-order valence-corrected chi connectivity index (χ4v) is 3.53. The summed E-state index contributed by atoms with van der Waals surface area (Å²) in [4.78, 5) is 26.9. The van der Waals surface area contributed by atoms with E-state index in [1.165, 1.54) is 11.6 Å². The van der Waals surface area contributed by atoms with Crippen LogP contribution in [0.3, 0.4) is 0 Å². The van der Waals surface area contributed by atoms with Crippen LogP contribution in [0.1, 0.15) is 30.9 Å². The summed E-state index contributed by atoms with van der Waals surface area (Å²) in [7, 11) is 0. The van der Waals surface area contributed by atoms with Gasteiger partial charge in [-0.2, -0.15) is 0 Å². The predicted octanol–water partition coefficient (Wildman–Crippen LogP) is 3.44. The fourth-order valence-electron chi connectivity index (χ4n) is 3.53. The molecule has 4 heteroatoms. The minimum Gasteiger partial charge on any atom is -0.341 e. The number of nitrogens with one attached hydrogen (secondary N) is 1. The number of carbonyl (C=O) groups is 2. The van der Waals surface area contributed by atoms with E-state index in [1.807, 2.05) is 53.4 Å². The molecule has 0 saturated carbocycles. The second kappa shape index (κ2) is 9.17. The van der Waals surface area contributed by atoms with Crippen molar-refractivity contribution in [2.75, 3.05) is 6.54 Å². The van der Waals surface area contributed by atoms with Crippen molar-refractivity contribution in [3.63, 3.8) is 0 Å². The Morgan fingerprint density at radius 2 is 1.78 bits per heavy atom. The summed E-state index contributed by atoms with van der Waals surface area (Å²) in [5, 5.41) is 2.79. The first-order valence-corrected chi connectivity index (χ1v) is 9.51. The molecule has 0 aliphatic carbocycles. The highest BCUT2D eigenvalue weighted by atomic mass is 16.2. The van der Waals surface area contributed by atoms with Crippen LogP contribution in [0, 0.1) is 0 Å². The fraction of sp³-hybridized carbons (Fsp3) is 0.304. The molecule has 1 aliphatic heterocycles. The lowest BCUT2D eigenvalue weighted by atomic mass is 10.0. The zero-order valence-electron chi connectivity index (χ0n) is 15.7. The largest absolute Gasteiger partial charge is 0.341 e. The molecule has 2 aromatic carbocycles. The molecule has 0 aromatic heterocycles. The van der Waals surface area contributed by atoms with E-state index in [9.17, 15) is 9.59 Å². The van der Waals surface area contributed by atoms with E-state index in [-0.39, 0.29) is 17.9 Å². The highest BCUT2D eigenvalue weighted by Gasteiger charge is 2.31. The van der Waals surface area contributed by atoms with Crippen molar-refractivity contribution in [2.24, 2.45) is 0 Å². The molecule has 1 saturated heterocycles. The Labute approximate surface area is 160 Å². The monoisotopic (exact) mass is 362 g/mol. The molecule has 4 nitrogen and oxygen atoms in total. The number of benzene rings is 2. The summed E-state index contributed by atoms with van der Waals surface area (Å²) in [6.07, 6.45) is 6.11. The Hall–Kier alpha value is -2.88. The molecule has 1 heterocycles. The van der Waals surface area contributed by atoms with Crippen LogP contribution in [0.15, 0.2) is 66.7 Å². The third kappa shape index (κ3) is 5.30. The molecule has 27 heavy (non-hydrogen) atoms. The lowest BCUT2D eigenvalue weighted by Crippen LogP contribution is -2.48. The van der Waals surface area contributed by atoms with Gasteiger partial charge in [0.25, 0.3) is 0 Å². The van der Waals surface area contributed by atoms with E-state index >= 15 is 0 Å². The Morgan fingerprint density at radius 3 is 2.48 bits per heavy atom. The van der Waals surface area contributed by atoms with Gasteiger partial charge in [-0.25, -0.2) is 0 Å². The van der Waals surface area contributed by atoms with Gasteiger partial charge in [0.2, 0.25) is 11.8 Å². The van der Waals surface area contributed by atoms with E-state index in [2.05, 4.69) is 17.4 Å². The van der Waals surface area contributed by atoms with Crippen LogP contribution in [0.2, 0.25) is 0 Å². The van der Waals surface area contributed by atoms with Crippen molar-refractivity contribution >= 4 is 17.9 Å². The molecule has 3 rings (SSSR count). The van der Waals surface area contributed by atoms with Gasteiger partial charge >= 0.3 is 0 Å². The number of likely N-dealkylation sites (tertiary alicyclic amines) is 1. The van der Waals surface area contributed by atoms with E-state index in [4.69, 9.17) is 0 Å². The molecule has 0 spiro atoms. The number of hydrogen-bond acceptors (Lipinski definition) is 2. The van der Waals surface area contributed by atoms with Crippen molar-refractivity contribution in [1.29, 1.82) is 0 Å². The number of amides is 2. The number of hydrogen-bond donors (Lipinski definition) is 1. The number of nitrogens with zero attached hydrogens (tertiary/aromatic N) is 1. The zero-order chi connectivity index (χ0) is 19.1. The Balaban J connectivity index is 1.55. The van der Waals surface area contributed by atoms with Crippen LogP contribution >= 0.6 is 0 Å². The maximum absolute atomic E-state index is 12.8. The molecular formula is C23H26N2O2. The van der Waals surface area contributed by atoms with Crippen molar-refractivity contribution in [3.8, 4) is 0 Å². The average molecular weight is 362 g/mol. The Morgan fingerprint density at radius 1 is 1.11 bits per heavy atom. The lowest BCUT2D eigenvalue weighted by Gasteiger charge is -2.28. The summed E-state index contributed by atoms with van der Waals surface area (Å²) in [5.41, 5.74) is 2.19. The highest BCUT2D eigenvalue weighted by Crippen LogP contribution is 2.22. The van der Waals surface area contributed by atoms with E-state index in [0.717, 1.165) is 31.4 Å². The van der Waals surface area contributed by atoms with Gasteiger partial charge in [-0.1, -0.05) is 60.7 Å². The molecule has 2 aromatic rings. The van der Waals surface area contributed by atoms with Gasteiger partial charge in [-0.3, -0.25) is 9.59 Å². The third-order valence-electron chi connectivity index (χ3n) is 4.93. The number of carbonyl (C=O) groups excluding carboxylic acids is 2. The van der Waals surface area contributed by atoms with Crippen LogP contribution < -0.4 is 5.32 Å². The minimum atomic E-state index is -0.533. The first-order chi connectivity index (χ1) is 13.1. The topological polar surface area (TPSA) is 49.4 Å². The van der Waals surface area contributed by atoms with Gasteiger partial charge in [-0.15, -0.1) is 0 Å². The molecule has 1 fully saturated rings. The maximum Gasteiger partial charge on any atom is 0.245 e. The standard InChI is InChI=1S/C23H26N2O2/c1-18(24-22(26)15-14-19-9-4-2-5-10-19)23(27)25-16-8-13-21(25)17-20-11-6-3-7-12-20/h2-7,9-12,14-15,18,21H,8,13,16-17H2,1H3,(H,24,26)/b15-14+. The molecular weight excluding hydrogens is 336 g/mol. The quantitative estimate of drug-likeness (QED) is 0.801. The third-order valence-corrected chi connectivity index (χ3v) is 4.93. The van der Waals surface area contributed by atoms with E-state index in [1.54, 1.807) is 13.0 Å². The van der Waals surface area contributed by atoms with Crippen molar-refractivity contribution in [3.05, 3.63) is 77.9 Å². The maximum atomic E-state index is 12.8. The van der Waals surface area contributed by atoms with Crippen LogP contribution in [-0.4, -0.2) is 35.3 Å². The number of rotatable bonds is 6. The van der Waals surface area contributed by atoms with Gasteiger partial charge in [0, 0.05) is 18.7 Å². The van der Waals surface area contributed by atoms with Gasteiger partial charge < -0.3 is 10.2 Å². The summed E-state index contributed by atoms with van der Waals surface area (Å²) in [6.45, 7) is 2.52. The summed E-state index contributed by atoms with van der Waals surface area (Å²) < 4.78 is 0. The van der Waals surface area contributed by atoms with Crippen molar-refractivity contribution in [1.82, 2.24) is 10.2 Å². The van der Waals surface area contributed by atoms with Crippen LogP contribution in [-0.2, 0) is 16.0 Å². The minimum absolute atomic E-state index is 0.00473. The molecule has 1 N–H and O–H groups in total.